The molecule has 1 amide bonds. The van der Waals surface area contributed by atoms with Crippen LogP contribution in [-0.4, -0.2) is 10.9 Å². The topological polar surface area (TPSA) is 54.0 Å². The number of nitrogens with zero attached hydrogens (tertiary/aromatic N) is 1. The maximum atomic E-state index is 11.7. The standard InChI is InChI=1S/C17H21N3O/c1-12(2)10-17(21)20-15-8-9-16(18-11-15)19-14-6-4-13(3)5-7-14/h4-9,11-12H,10H2,1-3H3,(H,18,19)(H,20,21). The first-order chi connectivity index (χ1) is 10.0. The zero-order valence-corrected chi connectivity index (χ0v) is 12.7. The fourth-order valence-corrected chi connectivity index (χ4v) is 1.91. The molecule has 1 heterocycles. The predicted molar refractivity (Wildman–Crippen MR) is 86.8 cm³/mol. The summed E-state index contributed by atoms with van der Waals surface area (Å²) in [6, 6.07) is 11.8. The van der Waals surface area contributed by atoms with Crippen molar-refractivity contribution in [2.45, 2.75) is 27.2 Å². The Morgan fingerprint density at radius 1 is 1.10 bits per heavy atom. The monoisotopic (exact) mass is 283 g/mol. The lowest BCUT2D eigenvalue weighted by Gasteiger charge is -2.09. The highest BCUT2D eigenvalue weighted by atomic mass is 16.1. The molecule has 0 saturated carbocycles. The fourth-order valence-electron chi connectivity index (χ4n) is 1.91. The van der Waals surface area contributed by atoms with Crippen LogP contribution < -0.4 is 10.6 Å². The molecule has 0 aliphatic carbocycles. The van der Waals surface area contributed by atoms with Crippen molar-refractivity contribution in [3.63, 3.8) is 0 Å². The number of aromatic nitrogens is 1. The summed E-state index contributed by atoms with van der Waals surface area (Å²) in [4.78, 5) is 16.0. The number of carbonyl (C=O) groups is 1. The van der Waals surface area contributed by atoms with Gasteiger partial charge in [-0.3, -0.25) is 4.79 Å². The van der Waals surface area contributed by atoms with Gasteiger partial charge >= 0.3 is 0 Å². The van der Waals surface area contributed by atoms with Crippen molar-refractivity contribution < 1.29 is 4.79 Å². The molecule has 4 heteroatoms. The highest BCUT2D eigenvalue weighted by Crippen LogP contribution is 2.17. The minimum absolute atomic E-state index is 0.0195. The van der Waals surface area contributed by atoms with E-state index < -0.39 is 0 Å². The van der Waals surface area contributed by atoms with E-state index in [9.17, 15) is 4.79 Å². The SMILES string of the molecule is Cc1ccc(Nc2ccc(NC(=O)CC(C)C)cn2)cc1. The van der Waals surface area contributed by atoms with Gasteiger partial charge in [-0.05, 0) is 37.1 Å². The average Bonchev–Trinajstić information content (AvgIpc) is 2.42. The lowest BCUT2D eigenvalue weighted by atomic mass is 10.1. The van der Waals surface area contributed by atoms with Gasteiger partial charge in [0.1, 0.15) is 5.82 Å². The van der Waals surface area contributed by atoms with Crippen molar-refractivity contribution in [2.24, 2.45) is 5.92 Å². The summed E-state index contributed by atoms with van der Waals surface area (Å²) in [5, 5.41) is 6.06. The number of hydrogen-bond acceptors (Lipinski definition) is 3. The van der Waals surface area contributed by atoms with E-state index in [2.05, 4.69) is 22.5 Å². The van der Waals surface area contributed by atoms with Crippen LogP contribution in [0.3, 0.4) is 0 Å². The minimum Gasteiger partial charge on any atom is -0.340 e. The van der Waals surface area contributed by atoms with Crippen LogP contribution in [0, 0.1) is 12.8 Å². The predicted octanol–water partition coefficient (Wildman–Crippen LogP) is 4.12. The molecule has 0 spiro atoms. The van der Waals surface area contributed by atoms with Crippen LogP contribution in [0.2, 0.25) is 0 Å². The first-order valence-electron chi connectivity index (χ1n) is 7.12. The van der Waals surface area contributed by atoms with E-state index in [1.807, 2.05) is 50.2 Å². The summed E-state index contributed by atoms with van der Waals surface area (Å²) in [6.07, 6.45) is 2.18. The van der Waals surface area contributed by atoms with Crippen molar-refractivity contribution in [1.82, 2.24) is 4.98 Å². The molecule has 4 nitrogen and oxygen atoms in total. The number of hydrogen-bond donors (Lipinski definition) is 2. The molecule has 21 heavy (non-hydrogen) atoms. The molecule has 1 aromatic carbocycles. The molecule has 0 fully saturated rings. The lowest BCUT2D eigenvalue weighted by molar-refractivity contribution is -0.116. The number of rotatable bonds is 5. The van der Waals surface area contributed by atoms with Gasteiger partial charge < -0.3 is 10.6 Å². The molecule has 0 radical (unpaired) electrons. The Balaban J connectivity index is 1.95. The van der Waals surface area contributed by atoms with Crippen LogP contribution in [0.25, 0.3) is 0 Å². The van der Waals surface area contributed by atoms with Crippen molar-refractivity contribution in [3.05, 3.63) is 48.2 Å². The number of anilines is 3. The molecular weight excluding hydrogens is 262 g/mol. The van der Waals surface area contributed by atoms with Crippen molar-refractivity contribution in [2.75, 3.05) is 10.6 Å². The molecule has 2 rings (SSSR count). The summed E-state index contributed by atoms with van der Waals surface area (Å²) in [5.41, 5.74) is 2.93. The first kappa shape index (κ1) is 15.0. The molecule has 0 aliphatic rings. The number of aryl methyl sites for hydroxylation is 1. The molecule has 0 bridgehead atoms. The fraction of sp³-hybridized carbons (Fsp3) is 0.294. The number of amides is 1. The second-order valence-electron chi connectivity index (χ2n) is 5.57. The normalized spacial score (nSPS) is 10.5. The van der Waals surface area contributed by atoms with Gasteiger partial charge in [0.15, 0.2) is 0 Å². The average molecular weight is 283 g/mol. The first-order valence-corrected chi connectivity index (χ1v) is 7.12. The third-order valence-corrected chi connectivity index (χ3v) is 2.96. The van der Waals surface area contributed by atoms with E-state index in [0.717, 1.165) is 17.2 Å². The number of carbonyl (C=O) groups excluding carboxylic acids is 1. The lowest BCUT2D eigenvalue weighted by Crippen LogP contribution is -2.13. The van der Waals surface area contributed by atoms with Gasteiger partial charge in [-0.1, -0.05) is 31.5 Å². The minimum atomic E-state index is 0.0195. The second-order valence-corrected chi connectivity index (χ2v) is 5.57. The van der Waals surface area contributed by atoms with Gasteiger partial charge in [-0.25, -0.2) is 4.98 Å². The van der Waals surface area contributed by atoms with Gasteiger partial charge in [0.05, 0.1) is 11.9 Å². The Hall–Kier alpha value is -2.36. The second kappa shape index (κ2) is 6.88. The summed E-state index contributed by atoms with van der Waals surface area (Å²) < 4.78 is 0. The number of nitrogens with one attached hydrogen (secondary N) is 2. The van der Waals surface area contributed by atoms with Crippen LogP contribution in [0.15, 0.2) is 42.6 Å². The highest BCUT2D eigenvalue weighted by Gasteiger charge is 2.05. The van der Waals surface area contributed by atoms with Crippen LogP contribution in [0.4, 0.5) is 17.2 Å². The van der Waals surface area contributed by atoms with Crippen molar-refractivity contribution >= 4 is 23.1 Å². The van der Waals surface area contributed by atoms with Gasteiger partial charge in [0.2, 0.25) is 5.91 Å². The van der Waals surface area contributed by atoms with E-state index in [0.29, 0.717) is 12.3 Å². The zero-order chi connectivity index (χ0) is 15.2. The summed E-state index contributed by atoms with van der Waals surface area (Å²) in [6.45, 7) is 6.09. The Labute approximate surface area is 125 Å². The maximum absolute atomic E-state index is 11.7. The van der Waals surface area contributed by atoms with Crippen LogP contribution in [0.5, 0.6) is 0 Å². The van der Waals surface area contributed by atoms with Crippen LogP contribution in [0.1, 0.15) is 25.8 Å². The Morgan fingerprint density at radius 3 is 2.33 bits per heavy atom. The highest BCUT2D eigenvalue weighted by molar-refractivity contribution is 5.90. The molecule has 110 valence electrons. The molecule has 2 aromatic rings. The van der Waals surface area contributed by atoms with Crippen LogP contribution >= 0.6 is 0 Å². The maximum Gasteiger partial charge on any atom is 0.224 e. The zero-order valence-electron chi connectivity index (χ0n) is 12.7. The van der Waals surface area contributed by atoms with Crippen molar-refractivity contribution in [3.8, 4) is 0 Å². The van der Waals surface area contributed by atoms with E-state index >= 15 is 0 Å². The third kappa shape index (κ3) is 4.91. The Morgan fingerprint density at radius 2 is 1.76 bits per heavy atom. The van der Waals surface area contributed by atoms with Gasteiger partial charge in [0, 0.05) is 12.1 Å². The summed E-state index contributed by atoms with van der Waals surface area (Å²) in [5.74, 6) is 1.12. The quantitative estimate of drug-likeness (QED) is 0.868. The van der Waals surface area contributed by atoms with E-state index in [1.54, 1.807) is 6.20 Å². The smallest absolute Gasteiger partial charge is 0.224 e. The van der Waals surface area contributed by atoms with Crippen molar-refractivity contribution in [1.29, 1.82) is 0 Å². The van der Waals surface area contributed by atoms with E-state index in [1.165, 1.54) is 5.56 Å². The molecule has 0 saturated heterocycles. The van der Waals surface area contributed by atoms with E-state index in [-0.39, 0.29) is 5.91 Å². The number of benzene rings is 1. The molecule has 2 N–H and O–H groups in total. The Kier molecular flexibility index (Phi) is 4.93. The molecule has 1 aromatic heterocycles. The van der Waals surface area contributed by atoms with Gasteiger partial charge in [-0.2, -0.15) is 0 Å². The van der Waals surface area contributed by atoms with Gasteiger partial charge in [0.25, 0.3) is 0 Å². The van der Waals surface area contributed by atoms with E-state index in [4.69, 9.17) is 0 Å². The summed E-state index contributed by atoms with van der Waals surface area (Å²) >= 11 is 0. The third-order valence-electron chi connectivity index (χ3n) is 2.96. The Bertz CT molecular complexity index is 588. The molecular formula is C17H21N3O. The molecule has 0 atom stereocenters. The molecule has 0 unspecified atom stereocenters. The van der Waals surface area contributed by atoms with Gasteiger partial charge in [-0.15, -0.1) is 0 Å². The largest absolute Gasteiger partial charge is 0.340 e. The number of pyridine rings is 1. The summed E-state index contributed by atoms with van der Waals surface area (Å²) in [7, 11) is 0. The molecule has 0 aliphatic heterocycles. The van der Waals surface area contributed by atoms with Crippen LogP contribution in [-0.2, 0) is 4.79 Å².